The number of para-hydroxylation sites is 3. The number of furan rings is 2. The van der Waals surface area contributed by atoms with E-state index in [0.717, 1.165) is 77.6 Å². The molecule has 0 amide bonds. The van der Waals surface area contributed by atoms with E-state index in [1.807, 2.05) is 6.07 Å². The fourth-order valence-electron chi connectivity index (χ4n) is 12.9. The predicted octanol–water partition coefficient (Wildman–Crippen LogP) is 18.3. The molecule has 0 fully saturated rings. The molecular weight excluding hydrogens is 875 g/mol. The summed E-state index contributed by atoms with van der Waals surface area (Å²) in [7, 11) is 0. The quantitative estimate of drug-likeness (QED) is 0.160. The second-order valence-corrected chi connectivity index (χ2v) is 19.6. The van der Waals surface area contributed by atoms with E-state index in [2.05, 4.69) is 261 Å². The van der Waals surface area contributed by atoms with E-state index in [4.69, 9.17) is 8.83 Å². The molecule has 0 N–H and O–H groups in total. The lowest BCUT2D eigenvalue weighted by Crippen LogP contribution is -2.28. The lowest BCUT2D eigenvalue weighted by atomic mass is 9.67. The number of benzene rings is 11. The minimum Gasteiger partial charge on any atom is -0.456 e. The van der Waals surface area contributed by atoms with Crippen molar-refractivity contribution < 1.29 is 8.83 Å². The van der Waals surface area contributed by atoms with Crippen LogP contribution in [0.25, 0.3) is 77.3 Å². The molecule has 13 aromatic rings. The van der Waals surface area contributed by atoms with E-state index in [9.17, 15) is 0 Å². The Morgan fingerprint density at radius 3 is 1.51 bits per heavy atom. The van der Waals surface area contributed by atoms with Crippen LogP contribution in [-0.4, -0.2) is 0 Å². The molecule has 3 heteroatoms. The molecule has 338 valence electrons. The van der Waals surface area contributed by atoms with Gasteiger partial charge in [-0.2, -0.15) is 0 Å². The Balaban J connectivity index is 1.00. The number of hydrogen-bond acceptors (Lipinski definition) is 3. The van der Waals surface area contributed by atoms with Crippen molar-refractivity contribution in [3.8, 4) is 33.4 Å². The molecule has 2 heterocycles. The topological polar surface area (TPSA) is 29.5 Å². The Bertz CT molecular complexity index is 4210. The van der Waals surface area contributed by atoms with Crippen LogP contribution in [-0.2, 0) is 10.8 Å². The van der Waals surface area contributed by atoms with Crippen LogP contribution in [0.2, 0.25) is 0 Å². The summed E-state index contributed by atoms with van der Waals surface area (Å²) < 4.78 is 13.8. The molecule has 0 aliphatic heterocycles. The van der Waals surface area contributed by atoms with Crippen LogP contribution in [0.1, 0.15) is 45.9 Å². The second kappa shape index (κ2) is 15.4. The zero-order chi connectivity index (χ0) is 47.5. The molecule has 72 heavy (non-hydrogen) atoms. The van der Waals surface area contributed by atoms with Gasteiger partial charge >= 0.3 is 0 Å². The van der Waals surface area contributed by atoms with E-state index in [-0.39, 0.29) is 0 Å². The zero-order valence-corrected chi connectivity index (χ0v) is 39.5. The molecule has 2 aliphatic rings. The highest BCUT2D eigenvalue weighted by molar-refractivity contribution is 6.15. The molecule has 2 aromatic heterocycles. The summed E-state index contributed by atoms with van der Waals surface area (Å²) in [6.45, 7) is 2.38. The van der Waals surface area contributed by atoms with Crippen LogP contribution in [0.3, 0.4) is 0 Å². The summed E-state index contributed by atoms with van der Waals surface area (Å²) >= 11 is 0. The highest BCUT2D eigenvalue weighted by Gasteiger charge is 2.47. The Labute approximate surface area is 417 Å². The van der Waals surface area contributed by atoms with Crippen molar-refractivity contribution in [2.75, 3.05) is 4.90 Å². The van der Waals surface area contributed by atoms with Crippen molar-refractivity contribution in [2.45, 2.75) is 17.8 Å². The third-order valence-electron chi connectivity index (χ3n) is 16.0. The Morgan fingerprint density at radius 1 is 0.333 bits per heavy atom. The number of anilines is 3. The maximum Gasteiger partial charge on any atom is 0.143 e. The number of fused-ring (bicyclic) bond motifs is 12. The second-order valence-electron chi connectivity index (χ2n) is 19.6. The van der Waals surface area contributed by atoms with Gasteiger partial charge in [0.25, 0.3) is 0 Å². The first-order valence-corrected chi connectivity index (χ1v) is 24.9. The van der Waals surface area contributed by atoms with Gasteiger partial charge in [-0.25, -0.2) is 0 Å². The van der Waals surface area contributed by atoms with Gasteiger partial charge in [-0.3, -0.25) is 0 Å². The van der Waals surface area contributed by atoms with E-state index in [1.54, 1.807) is 0 Å². The summed E-state index contributed by atoms with van der Waals surface area (Å²) in [6.07, 6.45) is 0. The van der Waals surface area contributed by atoms with Crippen molar-refractivity contribution in [3.05, 3.63) is 294 Å². The molecule has 0 radical (unpaired) electrons. The first-order chi connectivity index (χ1) is 35.6. The molecule has 0 atom stereocenters. The van der Waals surface area contributed by atoms with Crippen LogP contribution < -0.4 is 4.90 Å². The van der Waals surface area contributed by atoms with Gasteiger partial charge in [0.05, 0.1) is 16.5 Å². The summed E-state index contributed by atoms with van der Waals surface area (Å²) in [5.41, 5.74) is 21.4. The molecule has 2 aliphatic carbocycles. The molecule has 3 nitrogen and oxygen atoms in total. The van der Waals surface area contributed by atoms with Gasteiger partial charge < -0.3 is 13.7 Å². The highest BCUT2D eigenvalue weighted by atomic mass is 16.3. The third kappa shape index (κ3) is 5.56. The van der Waals surface area contributed by atoms with Gasteiger partial charge in [0.1, 0.15) is 22.3 Å². The van der Waals surface area contributed by atoms with Crippen LogP contribution >= 0.6 is 0 Å². The minimum absolute atomic E-state index is 0.480. The Morgan fingerprint density at radius 2 is 0.833 bits per heavy atom. The van der Waals surface area contributed by atoms with Gasteiger partial charge in [0, 0.05) is 44.1 Å². The van der Waals surface area contributed by atoms with E-state index in [1.165, 1.54) is 55.6 Å². The number of hydrogen-bond donors (Lipinski definition) is 0. The molecule has 0 saturated carbocycles. The van der Waals surface area contributed by atoms with Gasteiger partial charge in [-0.1, -0.05) is 212 Å². The normalized spacial score (nSPS) is 13.8. The van der Waals surface area contributed by atoms with Crippen LogP contribution in [0, 0.1) is 0 Å². The van der Waals surface area contributed by atoms with Gasteiger partial charge in [-0.15, -0.1) is 0 Å². The summed E-state index contributed by atoms with van der Waals surface area (Å²) in [6, 6.07) is 93.0. The highest BCUT2D eigenvalue weighted by Crippen LogP contribution is 2.59. The number of rotatable bonds is 7. The van der Waals surface area contributed by atoms with Crippen molar-refractivity contribution in [1.29, 1.82) is 0 Å². The van der Waals surface area contributed by atoms with E-state index in [0.29, 0.717) is 0 Å². The van der Waals surface area contributed by atoms with Gasteiger partial charge in [0.2, 0.25) is 0 Å². The maximum atomic E-state index is 7.22. The van der Waals surface area contributed by atoms with Crippen molar-refractivity contribution in [2.24, 2.45) is 0 Å². The predicted molar refractivity (Wildman–Crippen MR) is 296 cm³/mol. The van der Waals surface area contributed by atoms with Crippen LogP contribution in [0.15, 0.2) is 264 Å². The molecule has 0 unspecified atom stereocenters. The van der Waals surface area contributed by atoms with Crippen molar-refractivity contribution >= 4 is 60.9 Å². The lowest BCUT2D eigenvalue weighted by Gasteiger charge is -2.35. The molecular formula is C69H45NO2. The first-order valence-electron chi connectivity index (χ1n) is 24.9. The summed E-state index contributed by atoms with van der Waals surface area (Å²) in [5, 5.41) is 4.38. The average molecular weight is 920 g/mol. The summed E-state index contributed by atoms with van der Waals surface area (Å²) in [5.74, 6) is 0. The molecule has 0 spiro atoms. The SMILES string of the molecule is CC1(c2ccc(N(c3ccc(-c4cccc5c4oc4ccccc45)cc3)c3ccc4c(c3)C(c3ccccc3)(c3ccccc3)c3ccccc3-4)c3c2oc2ccccc23)c2ccccc2-c2ccccc21. The lowest BCUT2D eigenvalue weighted by molar-refractivity contribution is 0.638. The maximum absolute atomic E-state index is 7.22. The Kier molecular flexibility index (Phi) is 8.71. The van der Waals surface area contributed by atoms with Gasteiger partial charge in [-0.05, 0) is 111 Å². The fraction of sp³-hybridized carbons (Fsp3) is 0.0435. The van der Waals surface area contributed by atoms with E-state index < -0.39 is 10.8 Å². The average Bonchev–Trinajstić information content (AvgIpc) is 4.18. The minimum atomic E-state index is -0.579. The monoisotopic (exact) mass is 919 g/mol. The molecule has 15 rings (SSSR count). The van der Waals surface area contributed by atoms with Gasteiger partial charge in [0.15, 0.2) is 0 Å². The van der Waals surface area contributed by atoms with Crippen LogP contribution in [0.5, 0.6) is 0 Å². The molecule has 0 bridgehead atoms. The third-order valence-corrected chi connectivity index (χ3v) is 16.0. The standard InChI is InChI=1S/C69H45NO2/c1-68(57-30-13-8-23-50(57)51-24-9-14-31-58(51)68)60-41-42-62(65-56-27-12-17-34-64(56)72-67(60)65)70(47-37-35-44(36-38-47)49-28-18-29-55-54-26-11-16-33-63(54)71-66(49)55)48-39-40-53-52-25-10-15-32-59(52)69(61(53)43-48,45-19-4-2-5-20-45)46-21-6-3-7-22-46/h2-43H,1H3. The number of nitrogens with zero attached hydrogens (tertiary/aromatic N) is 1. The largest absolute Gasteiger partial charge is 0.456 e. The molecule has 0 saturated heterocycles. The summed E-state index contributed by atoms with van der Waals surface area (Å²) in [4.78, 5) is 2.46. The fourth-order valence-corrected chi connectivity index (χ4v) is 12.9. The first kappa shape index (κ1) is 40.7. The van der Waals surface area contributed by atoms with Crippen molar-refractivity contribution in [1.82, 2.24) is 0 Å². The smallest absolute Gasteiger partial charge is 0.143 e. The van der Waals surface area contributed by atoms with Crippen LogP contribution in [0.4, 0.5) is 17.1 Å². The van der Waals surface area contributed by atoms with E-state index >= 15 is 0 Å². The molecule has 11 aromatic carbocycles. The zero-order valence-electron chi connectivity index (χ0n) is 39.5. The Hall–Kier alpha value is -9.18. The van der Waals surface area contributed by atoms with Crippen molar-refractivity contribution in [3.63, 3.8) is 0 Å².